The molecule has 6 nitrogen and oxygen atoms in total. The van der Waals surface area contributed by atoms with Crippen molar-refractivity contribution in [3.8, 4) is 0 Å². The fraction of sp³-hybridized carbons (Fsp3) is 0.615. The maximum absolute atomic E-state index is 11.6. The molecule has 1 aliphatic heterocycles. The summed E-state index contributed by atoms with van der Waals surface area (Å²) < 4.78 is 0. The first-order valence-corrected chi connectivity index (χ1v) is 6.51. The molecule has 0 bridgehead atoms. The van der Waals surface area contributed by atoms with Gasteiger partial charge in [0.15, 0.2) is 0 Å². The van der Waals surface area contributed by atoms with Crippen LogP contribution >= 0.6 is 0 Å². The molecular weight excluding hydrogens is 248 g/mol. The average Bonchev–Trinajstić information content (AvgIpc) is 2.85. The zero-order chi connectivity index (χ0) is 14.2. The van der Waals surface area contributed by atoms with E-state index in [0.29, 0.717) is 5.69 Å². The van der Waals surface area contributed by atoms with Crippen molar-refractivity contribution in [1.29, 1.82) is 0 Å². The maximum atomic E-state index is 11.6. The Kier molecular flexibility index (Phi) is 3.59. The number of anilines is 2. The number of nitrogens with one attached hydrogen (secondary N) is 1. The van der Waals surface area contributed by atoms with Crippen molar-refractivity contribution < 1.29 is 9.90 Å². The highest BCUT2D eigenvalue weighted by Gasteiger charge is 2.31. The molecule has 1 fully saturated rings. The Balaban J connectivity index is 2.25. The van der Waals surface area contributed by atoms with Crippen molar-refractivity contribution >= 4 is 17.3 Å². The summed E-state index contributed by atoms with van der Waals surface area (Å²) in [7, 11) is 0. The van der Waals surface area contributed by atoms with Crippen LogP contribution in [0.1, 0.15) is 26.7 Å². The number of carbonyl (C=O) groups is 1. The first-order valence-electron chi connectivity index (χ1n) is 6.51. The highest BCUT2D eigenvalue weighted by Crippen LogP contribution is 2.25. The normalized spacial score (nSPS) is 17.1. The van der Waals surface area contributed by atoms with Crippen molar-refractivity contribution in [2.45, 2.75) is 32.7 Å². The minimum Gasteiger partial charge on any atom is -0.480 e. The van der Waals surface area contributed by atoms with Crippen LogP contribution in [0.4, 0.5) is 11.4 Å². The predicted molar refractivity (Wildman–Crippen MR) is 72.7 cm³/mol. The molecule has 2 N–H and O–H groups in total. The maximum Gasteiger partial charge on any atom is 0.326 e. The first kappa shape index (κ1) is 13.6. The van der Waals surface area contributed by atoms with E-state index in [0.717, 1.165) is 25.9 Å². The van der Waals surface area contributed by atoms with Crippen LogP contribution < -0.4 is 21.1 Å². The lowest BCUT2D eigenvalue weighted by atomic mass is 10.0. The van der Waals surface area contributed by atoms with Gasteiger partial charge in [-0.2, -0.15) is 0 Å². The number of nitrogens with zero attached hydrogens (tertiary/aromatic N) is 1. The highest BCUT2D eigenvalue weighted by molar-refractivity contribution is 5.83. The van der Waals surface area contributed by atoms with E-state index < -0.39 is 22.9 Å². The quantitative estimate of drug-likeness (QED) is 0.750. The fourth-order valence-electron chi connectivity index (χ4n) is 2.43. The molecule has 1 heterocycles. The van der Waals surface area contributed by atoms with Gasteiger partial charge in [-0.15, -0.1) is 0 Å². The van der Waals surface area contributed by atoms with Crippen LogP contribution in [0.3, 0.4) is 0 Å². The third-order valence-corrected chi connectivity index (χ3v) is 3.54. The largest absolute Gasteiger partial charge is 0.480 e. The van der Waals surface area contributed by atoms with Crippen molar-refractivity contribution in [1.82, 2.24) is 0 Å². The molecule has 2 rings (SSSR count). The molecule has 0 radical (unpaired) electrons. The van der Waals surface area contributed by atoms with Gasteiger partial charge in [-0.3, -0.25) is 9.59 Å². The van der Waals surface area contributed by atoms with E-state index in [1.807, 2.05) is 4.90 Å². The number of rotatable bonds is 5. The van der Waals surface area contributed by atoms with Crippen LogP contribution in [0.2, 0.25) is 0 Å². The second kappa shape index (κ2) is 5.03. The zero-order valence-corrected chi connectivity index (χ0v) is 11.1. The van der Waals surface area contributed by atoms with Crippen molar-refractivity contribution in [2.24, 2.45) is 5.92 Å². The van der Waals surface area contributed by atoms with Gasteiger partial charge in [-0.1, -0.05) is 13.8 Å². The minimum absolute atomic E-state index is 0.173. The monoisotopic (exact) mass is 266 g/mol. The Morgan fingerprint density at radius 1 is 1.21 bits per heavy atom. The van der Waals surface area contributed by atoms with E-state index in [1.165, 1.54) is 0 Å². The van der Waals surface area contributed by atoms with Gasteiger partial charge >= 0.3 is 5.97 Å². The number of hydrogen-bond acceptors (Lipinski definition) is 5. The van der Waals surface area contributed by atoms with Crippen LogP contribution in [-0.4, -0.2) is 30.2 Å². The van der Waals surface area contributed by atoms with E-state index in [2.05, 4.69) is 5.32 Å². The molecule has 6 heteroatoms. The second-order valence-electron chi connectivity index (χ2n) is 5.28. The summed E-state index contributed by atoms with van der Waals surface area (Å²) >= 11 is 0. The average molecular weight is 266 g/mol. The molecule has 0 saturated carbocycles. The standard InChI is InChI=1S/C13H18N2O4/c1-7(2)8(13(18)19)14-9-10(12(17)11(9)16)15-5-3-4-6-15/h7-8,14H,3-6H2,1-2H3,(H,18,19)/t8-/m1/s1. The molecule has 0 aromatic heterocycles. The van der Waals surface area contributed by atoms with E-state index in [9.17, 15) is 14.4 Å². The molecule has 19 heavy (non-hydrogen) atoms. The van der Waals surface area contributed by atoms with Crippen molar-refractivity contribution in [2.75, 3.05) is 23.3 Å². The molecule has 1 aliphatic rings. The van der Waals surface area contributed by atoms with E-state index in [-0.39, 0.29) is 11.6 Å². The molecule has 1 saturated heterocycles. The van der Waals surface area contributed by atoms with Gasteiger partial charge in [0.25, 0.3) is 10.9 Å². The Labute approximate surface area is 110 Å². The third kappa shape index (κ3) is 2.34. The first-order chi connectivity index (χ1) is 8.93. The van der Waals surface area contributed by atoms with Gasteiger partial charge in [-0.25, -0.2) is 4.79 Å². The number of hydrogen-bond donors (Lipinski definition) is 2. The molecule has 0 spiro atoms. The summed E-state index contributed by atoms with van der Waals surface area (Å²) in [5, 5.41) is 11.8. The van der Waals surface area contributed by atoms with Gasteiger partial charge in [0.2, 0.25) is 0 Å². The minimum atomic E-state index is -1.02. The van der Waals surface area contributed by atoms with Crippen molar-refractivity contribution in [3.05, 3.63) is 20.4 Å². The zero-order valence-electron chi connectivity index (χ0n) is 11.1. The molecule has 1 aromatic carbocycles. The Morgan fingerprint density at radius 3 is 2.26 bits per heavy atom. The molecule has 0 aliphatic carbocycles. The Morgan fingerprint density at radius 2 is 1.79 bits per heavy atom. The lowest BCUT2D eigenvalue weighted by Gasteiger charge is -2.26. The van der Waals surface area contributed by atoms with E-state index in [1.54, 1.807) is 13.8 Å². The molecule has 0 unspecified atom stereocenters. The summed E-state index contributed by atoms with van der Waals surface area (Å²) in [6.07, 6.45) is 1.98. The molecule has 1 atom stereocenters. The number of carboxylic acid groups (broad SMARTS) is 1. The Bertz CT molecular complexity index is 551. The molecule has 104 valence electrons. The summed E-state index contributed by atoms with van der Waals surface area (Å²) in [5.74, 6) is -1.19. The van der Waals surface area contributed by atoms with E-state index in [4.69, 9.17) is 5.11 Å². The SMILES string of the molecule is CC(C)[C@@H](Nc1c(N2CCCC2)c(=O)c1=O)C(=O)O. The van der Waals surface area contributed by atoms with Gasteiger partial charge in [-0.05, 0) is 18.8 Å². The molecule has 1 aromatic rings. The summed E-state index contributed by atoms with van der Waals surface area (Å²) in [6, 6.07) is -0.857. The van der Waals surface area contributed by atoms with Crippen LogP contribution in [0.25, 0.3) is 0 Å². The molecular formula is C13H18N2O4. The van der Waals surface area contributed by atoms with Gasteiger partial charge in [0.1, 0.15) is 17.4 Å². The van der Waals surface area contributed by atoms with Crippen molar-refractivity contribution in [3.63, 3.8) is 0 Å². The summed E-state index contributed by atoms with van der Waals surface area (Å²) in [4.78, 5) is 36.3. The fourth-order valence-corrected chi connectivity index (χ4v) is 2.43. The lowest BCUT2D eigenvalue weighted by Crippen LogP contribution is -2.45. The van der Waals surface area contributed by atoms with Gasteiger partial charge in [0, 0.05) is 13.1 Å². The lowest BCUT2D eigenvalue weighted by molar-refractivity contribution is -0.138. The summed E-state index contributed by atoms with van der Waals surface area (Å²) in [5.41, 5.74) is -0.562. The van der Waals surface area contributed by atoms with Gasteiger partial charge < -0.3 is 15.3 Å². The van der Waals surface area contributed by atoms with Gasteiger partial charge in [0.05, 0.1) is 0 Å². The topological polar surface area (TPSA) is 86.7 Å². The smallest absolute Gasteiger partial charge is 0.326 e. The third-order valence-electron chi connectivity index (χ3n) is 3.54. The number of carboxylic acids is 1. The van der Waals surface area contributed by atoms with Crippen LogP contribution in [0, 0.1) is 5.92 Å². The second-order valence-corrected chi connectivity index (χ2v) is 5.28. The van der Waals surface area contributed by atoms with Crippen LogP contribution in [0.5, 0.6) is 0 Å². The molecule has 0 amide bonds. The van der Waals surface area contributed by atoms with E-state index >= 15 is 0 Å². The Hall–Kier alpha value is -1.85. The highest BCUT2D eigenvalue weighted by atomic mass is 16.4. The van der Waals surface area contributed by atoms with Crippen LogP contribution in [0.15, 0.2) is 9.59 Å². The predicted octanol–water partition coefficient (Wildman–Crippen LogP) is 0.404. The van der Waals surface area contributed by atoms with Crippen LogP contribution in [-0.2, 0) is 4.79 Å². The summed E-state index contributed by atoms with van der Waals surface area (Å²) in [6.45, 7) is 5.01. The number of aliphatic carboxylic acids is 1.